The van der Waals surface area contributed by atoms with Gasteiger partial charge in [-0.1, -0.05) is 17.3 Å². The molecule has 2 aromatic rings. The van der Waals surface area contributed by atoms with Gasteiger partial charge >= 0.3 is 0 Å². The van der Waals surface area contributed by atoms with Crippen LogP contribution in [-0.4, -0.2) is 35.3 Å². The normalized spacial score (nSPS) is 17.7. The molecule has 0 aliphatic carbocycles. The maximum absolute atomic E-state index is 9.96. The Labute approximate surface area is 131 Å². The minimum Gasteiger partial charge on any atom is -0.507 e. The van der Waals surface area contributed by atoms with Crippen molar-refractivity contribution in [3.63, 3.8) is 0 Å². The molecule has 0 radical (unpaired) electrons. The first-order chi connectivity index (χ1) is 10.7. The first kappa shape index (κ1) is 15.1. The molecule has 1 aliphatic heterocycles. The standard InChI is InChI=1S/C18H24N2O2/c1-3-4-15-17(21)8-6-14-16(19-22-18(14)15)7-5-13-9-11-20(2)12-10-13/h3-4,6,8,13,21H,5,7,9-12H2,1-2H3. The van der Waals surface area contributed by atoms with Crippen LogP contribution >= 0.6 is 0 Å². The number of aryl methyl sites for hydroxylation is 1. The van der Waals surface area contributed by atoms with E-state index < -0.39 is 0 Å². The highest BCUT2D eigenvalue weighted by atomic mass is 16.5. The van der Waals surface area contributed by atoms with Crippen LogP contribution in [0.15, 0.2) is 22.7 Å². The smallest absolute Gasteiger partial charge is 0.178 e. The Morgan fingerprint density at radius 3 is 2.86 bits per heavy atom. The predicted octanol–water partition coefficient (Wildman–Crippen LogP) is 3.84. The molecule has 0 amide bonds. The van der Waals surface area contributed by atoms with Crippen molar-refractivity contribution in [3.05, 3.63) is 29.5 Å². The van der Waals surface area contributed by atoms with Gasteiger partial charge in [0.15, 0.2) is 5.58 Å². The lowest BCUT2D eigenvalue weighted by molar-refractivity contribution is 0.212. The fourth-order valence-corrected chi connectivity index (χ4v) is 3.26. The average molecular weight is 300 g/mol. The summed E-state index contributed by atoms with van der Waals surface area (Å²) in [7, 11) is 2.19. The van der Waals surface area contributed by atoms with Crippen LogP contribution in [0.25, 0.3) is 17.0 Å². The summed E-state index contributed by atoms with van der Waals surface area (Å²) >= 11 is 0. The third-order valence-electron chi connectivity index (χ3n) is 4.69. The van der Waals surface area contributed by atoms with Gasteiger partial charge in [-0.05, 0) is 70.8 Å². The number of phenolic OH excluding ortho intramolecular Hbond substituents is 1. The number of fused-ring (bicyclic) bond motifs is 1. The second-order valence-corrected chi connectivity index (χ2v) is 6.29. The quantitative estimate of drug-likeness (QED) is 0.932. The molecule has 22 heavy (non-hydrogen) atoms. The van der Waals surface area contributed by atoms with Crippen LogP contribution in [0, 0.1) is 5.92 Å². The van der Waals surface area contributed by atoms with Crippen molar-refractivity contribution in [2.24, 2.45) is 5.92 Å². The highest BCUT2D eigenvalue weighted by Gasteiger charge is 2.19. The molecule has 0 unspecified atom stereocenters. The molecule has 0 bridgehead atoms. The second-order valence-electron chi connectivity index (χ2n) is 6.29. The number of hydrogen-bond acceptors (Lipinski definition) is 4. The van der Waals surface area contributed by atoms with Crippen molar-refractivity contribution in [2.75, 3.05) is 20.1 Å². The lowest BCUT2D eigenvalue weighted by atomic mass is 9.91. The molecule has 0 spiro atoms. The van der Waals surface area contributed by atoms with Gasteiger partial charge in [-0.15, -0.1) is 0 Å². The van der Waals surface area contributed by atoms with Crippen LogP contribution in [0.5, 0.6) is 5.75 Å². The van der Waals surface area contributed by atoms with Crippen LogP contribution in [0.2, 0.25) is 0 Å². The molecular formula is C18H24N2O2. The fourth-order valence-electron chi connectivity index (χ4n) is 3.26. The van der Waals surface area contributed by atoms with Crippen molar-refractivity contribution in [2.45, 2.75) is 32.6 Å². The van der Waals surface area contributed by atoms with E-state index in [-0.39, 0.29) is 5.75 Å². The molecule has 1 fully saturated rings. The molecular weight excluding hydrogens is 276 g/mol. The number of nitrogens with zero attached hydrogens (tertiary/aromatic N) is 2. The maximum Gasteiger partial charge on any atom is 0.178 e. The number of allylic oxidation sites excluding steroid dienone is 1. The van der Waals surface area contributed by atoms with E-state index >= 15 is 0 Å². The number of likely N-dealkylation sites (tertiary alicyclic amines) is 1. The first-order valence-corrected chi connectivity index (χ1v) is 8.10. The topological polar surface area (TPSA) is 49.5 Å². The van der Waals surface area contributed by atoms with Gasteiger partial charge in [-0.25, -0.2) is 0 Å². The Bertz CT molecular complexity index is 667. The summed E-state index contributed by atoms with van der Waals surface area (Å²) in [5.74, 6) is 1.03. The summed E-state index contributed by atoms with van der Waals surface area (Å²) in [4.78, 5) is 2.40. The largest absolute Gasteiger partial charge is 0.507 e. The highest BCUT2D eigenvalue weighted by Crippen LogP contribution is 2.31. The second kappa shape index (κ2) is 6.53. The Morgan fingerprint density at radius 1 is 1.36 bits per heavy atom. The molecule has 0 atom stereocenters. The number of benzene rings is 1. The van der Waals surface area contributed by atoms with E-state index in [0.717, 1.165) is 35.4 Å². The van der Waals surface area contributed by atoms with Gasteiger partial charge in [0.25, 0.3) is 0 Å². The Balaban J connectivity index is 1.76. The average Bonchev–Trinajstić information content (AvgIpc) is 2.93. The summed E-state index contributed by atoms with van der Waals surface area (Å²) in [5, 5.41) is 15.2. The third-order valence-corrected chi connectivity index (χ3v) is 4.69. The van der Waals surface area contributed by atoms with E-state index in [1.807, 2.05) is 25.1 Å². The maximum atomic E-state index is 9.96. The van der Waals surface area contributed by atoms with Crippen molar-refractivity contribution < 1.29 is 9.63 Å². The molecule has 4 nitrogen and oxygen atoms in total. The van der Waals surface area contributed by atoms with E-state index in [0.29, 0.717) is 5.58 Å². The minimum atomic E-state index is 0.239. The third kappa shape index (κ3) is 3.02. The summed E-state index contributed by atoms with van der Waals surface area (Å²) in [6, 6.07) is 3.64. The summed E-state index contributed by atoms with van der Waals surface area (Å²) < 4.78 is 5.50. The number of phenols is 1. The van der Waals surface area contributed by atoms with E-state index in [4.69, 9.17) is 4.52 Å². The van der Waals surface area contributed by atoms with Crippen molar-refractivity contribution in [3.8, 4) is 5.75 Å². The Kier molecular flexibility index (Phi) is 4.48. The number of aromatic nitrogens is 1. The summed E-state index contributed by atoms with van der Waals surface area (Å²) in [5.41, 5.74) is 2.43. The van der Waals surface area contributed by atoms with Gasteiger partial charge in [0, 0.05) is 5.39 Å². The van der Waals surface area contributed by atoms with Gasteiger partial charge in [-0.2, -0.15) is 0 Å². The molecule has 118 valence electrons. The SMILES string of the molecule is CC=Cc1c(O)ccc2c(CCC3CCN(C)CC3)noc12. The molecule has 2 heterocycles. The van der Waals surface area contributed by atoms with E-state index in [2.05, 4.69) is 17.1 Å². The highest BCUT2D eigenvalue weighted by molar-refractivity contribution is 5.89. The van der Waals surface area contributed by atoms with Crippen LogP contribution in [0.3, 0.4) is 0 Å². The number of hydrogen-bond donors (Lipinski definition) is 1. The zero-order chi connectivity index (χ0) is 15.5. The Hall–Kier alpha value is -1.81. The molecule has 1 aromatic carbocycles. The monoisotopic (exact) mass is 300 g/mol. The molecule has 4 heteroatoms. The molecule has 3 rings (SSSR count). The zero-order valence-corrected chi connectivity index (χ0v) is 13.4. The zero-order valence-electron chi connectivity index (χ0n) is 13.4. The molecule has 0 saturated carbocycles. The lowest BCUT2D eigenvalue weighted by Gasteiger charge is -2.28. The summed E-state index contributed by atoms with van der Waals surface area (Å²) in [6.07, 6.45) is 8.42. The van der Waals surface area contributed by atoms with Crippen LogP contribution in [0.4, 0.5) is 0 Å². The number of rotatable bonds is 4. The van der Waals surface area contributed by atoms with Gasteiger partial charge in [0.05, 0.1) is 11.3 Å². The van der Waals surface area contributed by atoms with Gasteiger partial charge in [-0.3, -0.25) is 0 Å². The van der Waals surface area contributed by atoms with Crippen LogP contribution in [-0.2, 0) is 6.42 Å². The molecule has 1 aliphatic rings. The van der Waals surface area contributed by atoms with E-state index in [1.54, 1.807) is 6.07 Å². The molecule has 1 N–H and O–H groups in total. The van der Waals surface area contributed by atoms with E-state index in [1.165, 1.54) is 25.9 Å². The predicted molar refractivity (Wildman–Crippen MR) is 88.9 cm³/mol. The number of piperidine rings is 1. The first-order valence-electron chi connectivity index (χ1n) is 8.10. The van der Waals surface area contributed by atoms with Gasteiger partial charge in [0.2, 0.25) is 0 Å². The van der Waals surface area contributed by atoms with Crippen molar-refractivity contribution in [1.29, 1.82) is 0 Å². The van der Waals surface area contributed by atoms with Crippen LogP contribution in [0.1, 0.15) is 37.4 Å². The lowest BCUT2D eigenvalue weighted by Crippen LogP contribution is -2.30. The fraction of sp³-hybridized carbons (Fsp3) is 0.500. The van der Waals surface area contributed by atoms with Crippen molar-refractivity contribution >= 4 is 17.0 Å². The van der Waals surface area contributed by atoms with Gasteiger partial charge in [0.1, 0.15) is 5.75 Å². The molecule has 1 saturated heterocycles. The summed E-state index contributed by atoms with van der Waals surface area (Å²) in [6.45, 7) is 4.32. The van der Waals surface area contributed by atoms with Crippen LogP contribution < -0.4 is 0 Å². The molecule has 1 aromatic heterocycles. The van der Waals surface area contributed by atoms with Gasteiger partial charge < -0.3 is 14.5 Å². The van der Waals surface area contributed by atoms with Crippen molar-refractivity contribution in [1.82, 2.24) is 10.1 Å². The van der Waals surface area contributed by atoms with E-state index in [9.17, 15) is 5.11 Å². The Morgan fingerprint density at radius 2 is 2.14 bits per heavy atom. The minimum absolute atomic E-state index is 0.239. The number of aromatic hydroxyl groups is 1.